The molecule has 1 saturated heterocycles. The molecule has 0 unspecified atom stereocenters. The highest BCUT2D eigenvalue weighted by atomic mass is 35.5. The molecule has 0 spiro atoms. The van der Waals surface area contributed by atoms with Crippen LogP contribution in [0, 0.1) is 5.92 Å². The first kappa shape index (κ1) is 18.0. The van der Waals surface area contributed by atoms with Gasteiger partial charge in [0.25, 0.3) is 0 Å². The van der Waals surface area contributed by atoms with E-state index in [1.807, 2.05) is 0 Å². The zero-order valence-electron chi connectivity index (χ0n) is 12.2. The minimum atomic E-state index is 0.318. The number of ether oxygens (including phenoxy) is 1. The Morgan fingerprint density at radius 2 is 2.14 bits per heavy atom. The minimum absolute atomic E-state index is 0.318. The maximum Gasteiger partial charge on any atom is 0.153 e. The molecule has 1 aromatic rings. The van der Waals surface area contributed by atoms with Gasteiger partial charge in [-0.2, -0.15) is 0 Å². The second-order valence-electron chi connectivity index (χ2n) is 4.97. The SMILES string of the molecule is C=CCOc1cc(Cl)c(Cl)cc1C=O.C[C@H]1CCCNC1. The maximum atomic E-state index is 10.6. The standard InChI is InChI=1S/C10H8Cl2O2.C6H13N/c1-2-3-14-10-5-9(12)8(11)4-7(10)6-13;1-6-3-2-4-7-5-6/h2,4-6H,1,3H2;6-7H,2-5H2,1H3/t;6-/m.0/s1. The fourth-order valence-electron chi connectivity index (χ4n) is 1.94. The largest absolute Gasteiger partial charge is 0.489 e. The molecule has 21 heavy (non-hydrogen) atoms. The lowest BCUT2D eigenvalue weighted by atomic mass is 10.0. The van der Waals surface area contributed by atoms with Crippen LogP contribution < -0.4 is 10.1 Å². The van der Waals surface area contributed by atoms with E-state index in [-0.39, 0.29) is 0 Å². The lowest BCUT2D eigenvalue weighted by Gasteiger charge is -2.17. The number of nitrogens with one attached hydrogen (secondary N) is 1. The second kappa shape index (κ2) is 9.82. The van der Waals surface area contributed by atoms with Crippen molar-refractivity contribution in [2.24, 2.45) is 5.92 Å². The van der Waals surface area contributed by atoms with Gasteiger partial charge in [-0.15, -0.1) is 0 Å². The fraction of sp³-hybridized carbons (Fsp3) is 0.438. The number of carbonyl (C=O) groups excluding carboxylic acids is 1. The van der Waals surface area contributed by atoms with Crippen LogP contribution in [0.15, 0.2) is 24.8 Å². The van der Waals surface area contributed by atoms with Gasteiger partial charge in [-0.25, -0.2) is 0 Å². The molecule has 1 aliphatic heterocycles. The number of hydrogen-bond acceptors (Lipinski definition) is 3. The van der Waals surface area contributed by atoms with Crippen LogP contribution in [-0.4, -0.2) is 26.0 Å². The molecule has 0 amide bonds. The highest BCUT2D eigenvalue weighted by Crippen LogP contribution is 2.29. The Bertz CT molecular complexity index is 472. The van der Waals surface area contributed by atoms with Crippen molar-refractivity contribution in [3.05, 3.63) is 40.4 Å². The molecule has 1 N–H and O–H groups in total. The van der Waals surface area contributed by atoms with Crippen molar-refractivity contribution < 1.29 is 9.53 Å². The Kier molecular flexibility index (Phi) is 8.43. The first-order chi connectivity index (χ1) is 10.1. The Labute approximate surface area is 136 Å². The van der Waals surface area contributed by atoms with Crippen LogP contribution in [0.25, 0.3) is 0 Å². The van der Waals surface area contributed by atoms with Gasteiger partial charge in [-0.1, -0.05) is 42.8 Å². The number of rotatable bonds is 4. The topological polar surface area (TPSA) is 38.3 Å². The lowest BCUT2D eigenvalue weighted by molar-refractivity contribution is 0.112. The predicted molar refractivity (Wildman–Crippen MR) is 88.8 cm³/mol. The monoisotopic (exact) mass is 329 g/mol. The van der Waals surface area contributed by atoms with Gasteiger partial charge in [0, 0.05) is 6.07 Å². The van der Waals surface area contributed by atoms with E-state index in [1.54, 1.807) is 6.08 Å². The summed E-state index contributed by atoms with van der Waals surface area (Å²) in [5.41, 5.74) is 0.376. The first-order valence-corrected chi connectivity index (χ1v) is 7.72. The molecule has 1 fully saturated rings. The Morgan fingerprint density at radius 1 is 1.43 bits per heavy atom. The number of hydrogen-bond donors (Lipinski definition) is 1. The van der Waals surface area contributed by atoms with Crippen LogP contribution >= 0.6 is 23.2 Å². The number of piperidine rings is 1. The maximum absolute atomic E-state index is 10.6. The summed E-state index contributed by atoms with van der Waals surface area (Å²) in [6.45, 7) is 8.59. The molecule has 0 bridgehead atoms. The van der Waals surface area contributed by atoms with E-state index in [9.17, 15) is 4.79 Å². The van der Waals surface area contributed by atoms with Crippen molar-refractivity contribution in [2.45, 2.75) is 19.8 Å². The molecule has 0 aliphatic carbocycles. The summed E-state index contributed by atoms with van der Waals surface area (Å²) < 4.78 is 5.22. The number of aldehydes is 1. The van der Waals surface area contributed by atoms with Crippen molar-refractivity contribution >= 4 is 29.5 Å². The molecule has 0 saturated carbocycles. The van der Waals surface area contributed by atoms with Gasteiger partial charge < -0.3 is 10.1 Å². The van der Waals surface area contributed by atoms with Gasteiger partial charge in [-0.3, -0.25) is 4.79 Å². The zero-order chi connectivity index (χ0) is 15.7. The van der Waals surface area contributed by atoms with E-state index in [0.717, 1.165) is 5.92 Å². The van der Waals surface area contributed by atoms with Gasteiger partial charge >= 0.3 is 0 Å². The molecule has 1 aliphatic rings. The van der Waals surface area contributed by atoms with E-state index in [1.165, 1.54) is 38.1 Å². The summed E-state index contributed by atoms with van der Waals surface area (Å²) in [6.07, 6.45) is 5.05. The summed E-state index contributed by atoms with van der Waals surface area (Å²) in [7, 11) is 0. The molecular formula is C16H21Cl2NO2. The van der Waals surface area contributed by atoms with Crippen molar-refractivity contribution in [3.63, 3.8) is 0 Å². The summed E-state index contributed by atoms with van der Waals surface area (Å²) in [5.74, 6) is 1.34. The fourth-order valence-corrected chi connectivity index (χ4v) is 2.26. The third kappa shape index (κ3) is 6.51. The van der Waals surface area contributed by atoms with Crippen molar-refractivity contribution in [3.8, 4) is 5.75 Å². The molecule has 2 rings (SSSR count). The molecule has 1 aromatic carbocycles. The third-order valence-corrected chi connectivity index (χ3v) is 3.80. The zero-order valence-corrected chi connectivity index (χ0v) is 13.7. The van der Waals surface area contributed by atoms with Gasteiger partial charge in [0.1, 0.15) is 12.4 Å². The minimum Gasteiger partial charge on any atom is -0.489 e. The molecule has 1 heterocycles. The van der Waals surface area contributed by atoms with Crippen molar-refractivity contribution in [2.75, 3.05) is 19.7 Å². The van der Waals surface area contributed by atoms with E-state index in [0.29, 0.717) is 34.3 Å². The van der Waals surface area contributed by atoms with Crippen LogP contribution in [0.3, 0.4) is 0 Å². The van der Waals surface area contributed by atoms with Gasteiger partial charge in [0.15, 0.2) is 6.29 Å². The smallest absolute Gasteiger partial charge is 0.153 e. The normalized spacial score (nSPS) is 17.4. The molecule has 1 atom stereocenters. The molecule has 5 heteroatoms. The van der Waals surface area contributed by atoms with Crippen LogP contribution in [0.4, 0.5) is 0 Å². The molecule has 116 valence electrons. The van der Waals surface area contributed by atoms with Crippen molar-refractivity contribution in [1.82, 2.24) is 5.32 Å². The summed E-state index contributed by atoms with van der Waals surface area (Å²) in [6, 6.07) is 2.98. The average molecular weight is 330 g/mol. The Hall–Kier alpha value is -1.03. The van der Waals surface area contributed by atoms with Crippen LogP contribution in [0.5, 0.6) is 5.75 Å². The third-order valence-electron chi connectivity index (χ3n) is 3.08. The van der Waals surface area contributed by atoms with Crippen molar-refractivity contribution in [1.29, 1.82) is 0 Å². The summed E-state index contributed by atoms with van der Waals surface area (Å²) in [4.78, 5) is 10.6. The second-order valence-corrected chi connectivity index (χ2v) is 5.79. The van der Waals surface area contributed by atoms with Crippen LogP contribution in [0.1, 0.15) is 30.1 Å². The first-order valence-electron chi connectivity index (χ1n) is 6.97. The number of halogens is 2. The van der Waals surface area contributed by atoms with Crippen LogP contribution in [-0.2, 0) is 0 Å². The molecule has 0 radical (unpaired) electrons. The van der Waals surface area contributed by atoms with E-state index in [2.05, 4.69) is 18.8 Å². The van der Waals surface area contributed by atoms with E-state index in [4.69, 9.17) is 27.9 Å². The number of carbonyl (C=O) groups is 1. The van der Waals surface area contributed by atoms with Crippen LogP contribution in [0.2, 0.25) is 10.0 Å². The highest BCUT2D eigenvalue weighted by molar-refractivity contribution is 6.42. The number of benzene rings is 1. The quantitative estimate of drug-likeness (QED) is 0.658. The average Bonchev–Trinajstić information content (AvgIpc) is 2.49. The van der Waals surface area contributed by atoms with E-state index >= 15 is 0 Å². The summed E-state index contributed by atoms with van der Waals surface area (Å²) >= 11 is 11.5. The van der Waals surface area contributed by atoms with Gasteiger partial charge in [-0.05, 0) is 37.9 Å². The Balaban J connectivity index is 0.000000262. The molecule has 0 aromatic heterocycles. The Morgan fingerprint density at radius 3 is 2.62 bits per heavy atom. The van der Waals surface area contributed by atoms with Gasteiger partial charge in [0.05, 0.1) is 15.6 Å². The predicted octanol–water partition coefficient (Wildman–Crippen LogP) is 4.38. The molecular weight excluding hydrogens is 309 g/mol. The van der Waals surface area contributed by atoms with E-state index < -0.39 is 0 Å². The molecule has 3 nitrogen and oxygen atoms in total. The van der Waals surface area contributed by atoms with Gasteiger partial charge in [0.2, 0.25) is 0 Å². The highest BCUT2D eigenvalue weighted by Gasteiger charge is 2.07. The lowest BCUT2D eigenvalue weighted by Crippen LogP contribution is -2.27. The summed E-state index contributed by atoms with van der Waals surface area (Å²) in [5, 5.41) is 4.03.